The maximum Gasteiger partial charge on any atom is 0.408 e. The molecule has 0 unspecified atom stereocenters. The minimum Gasteiger partial charge on any atom is -0.344 e. The lowest BCUT2D eigenvalue weighted by molar-refractivity contribution is -0.172. The third kappa shape index (κ3) is 3.18. The molecule has 1 N–H and O–H groups in total. The summed E-state index contributed by atoms with van der Waals surface area (Å²) >= 11 is 0. The van der Waals surface area contributed by atoms with Crippen molar-refractivity contribution in [2.24, 2.45) is 5.92 Å². The van der Waals surface area contributed by atoms with E-state index in [0.717, 1.165) is 5.56 Å². The molecule has 2 atom stereocenters. The molecule has 2 aliphatic heterocycles. The van der Waals surface area contributed by atoms with Crippen molar-refractivity contribution in [1.82, 2.24) is 10.2 Å². The molecular formula is C16H17F3N2O2. The van der Waals surface area contributed by atoms with Crippen LogP contribution in [0.5, 0.6) is 0 Å². The Balaban J connectivity index is 1.67. The third-order valence-corrected chi connectivity index (χ3v) is 4.51. The van der Waals surface area contributed by atoms with Gasteiger partial charge >= 0.3 is 6.18 Å². The molecule has 23 heavy (non-hydrogen) atoms. The number of nitrogens with one attached hydrogen (secondary N) is 1. The van der Waals surface area contributed by atoms with Crippen LogP contribution < -0.4 is 5.32 Å². The van der Waals surface area contributed by atoms with Crippen molar-refractivity contribution in [2.45, 2.75) is 38.0 Å². The number of carbonyl (C=O) groups is 2. The molecule has 7 heteroatoms. The van der Waals surface area contributed by atoms with Crippen LogP contribution in [-0.2, 0) is 22.6 Å². The lowest BCUT2D eigenvalue weighted by atomic mass is 9.91. The van der Waals surface area contributed by atoms with Crippen molar-refractivity contribution in [1.29, 1.82) is 0 Å². The van der Waals surface area contributed by atoms with E-state index in [1.807, 2.05) is 29.6 Å². The van der Waals surface area contributed by atoms with E-state index in [1.165, 1.54) is 5.56 Å². The molecule has 124 valence electrons. The minimum absolute atomic E-state index is 0.0625. The van der Waals surface area contributed by atoms with Gasteiger partial charge in [-0.25, -0.2) is 0 Å². The van der Waals surface area contributed by atoms with E-state index >= 15 is 0 Å². The van der Waals surface area contributed by atoms with E-state index in [1.54, 1.807) is 4.90 Å². The molecule has 2 amide bonds. The van der Waals surface area contributed by atoms with Gasteiger partial charge in [-0.1, -0.05) is 24.3 Å². The summed E-state index contributed by atoms with van der Waals surface area (Å²) in [6.07, 6.45) is -4.09. The zero-order valence-corrected chi connectivity index (χ0v) is 12.4. The average Bonchev–Trinajstić information content (AvgIpc) is 2.53. The highest BCUT2D eigenvalue weighted by atomic mass is 19.4. The minimum atomic E-state index is -4.46. The largest absolute Gasteiger partial charge is 0.408 e. The summed E-state index contributed by atoms with van der Waals surface area (Å²) in [7, 11) is 0. The molecule has 2 heterocycles. The van der Waals surface area contributed by atoms with Gasteiger partial charge in [0.05, 0.1) is 0 Å². The maximum absolute atomic E-state index is 12.7. The van der Waals surface area contributed by atoms with Crippen molar-refractivity contribution in [3.63, 3.8) is 0 Å². The molecule has 1 aromatic rings. The van der Waals surface area contributed by atoms with Crippen LogP contribution in [0.3, 0.4) is 0 Å². The SMILES string of the molecule is O=C1N[C@@H](C(F)(F)F)CC[C@@H]1C(=O)N1CCc2ccccc2C1. The zero-order valence-electron chi connectivity index (χ0n) is 12.4. The predicted octanol–water partition coefficient (Wildman–Crippen LogP) is 2.03. The fourth-order valence-corrected chi connectivity index (χ4v) is 3.19. The number of benzene rings is 1. The standard InChI is InChI=1S/C16H17F3N2O2/c17-16(18,19)13-6-5-12(14(22)20-13)15(23)21-8-7-10-3-1-2-4-11(10)9-21/h1-4,12-13H,5-9H2,(H,20,22)/t12-,13+/m0/s1. The quantitative estimate of drug-likeness (QED) is 0.803. The number of halogens is 3. The van der Waals surface area contributed by atoms with Crippen LogP contribution >= 0.6 is 0 Å². The lowest BCUT2D eigenvalue weighted by Gasteiger charge is -2.35. The molecule has 0 aromatic heterocycles. The number of hydrogen-bond donors (Lipinski definition) is 1. The average molecular weight is 326 g/mol. The molecule has 1 aromatic carbocycles. The van der Waals surface area contributed by atoms with E-state index < -0.39 is 24.0 Å². The summed E-state index contributed by atoms with van der Waals surface area (Å²) in [6, 6.07) is 5.89. The van der Waals surface area contributed by atoms with E-state index in [2.05, 4.69) is 0 Å². The number of alkyl halides is 3. The first kappa shape index (κ1) is 15.8. The van der Waals surface area contributed by atoms with Gasteiger partial charge in [-0.15, -0.1) is 0 Å². The van der Waals surface area contributed by atoms with E-state index in [9.17, 15) is 22.8 Å². The number of rotatable bonds is 1. The molecule has 3 rings (SSSR count). The fraction of sp³-hybridized carbons (Fsp3) is 0.500. The first-order chi connectivity index (χ1) is 10.9. The van der Waals surface area contributed by atoms with Gasteiger partial charge in [-0.2, -0.15) is 13.2 Å². The van der Waals surface area contributed by atoms with Crippen molar-refractivity contribution in [3.05, 3.63) is 35.4 Å². The number of fused-ring (bicyclic) bond motifs is 1. The molecule has 0 spiro atoms. The number of carbonyl (C=O) groups excluding carboxylic acids is 2. The Morgan fingerprint density at radius 2 is 1.87 bits per heavy atom. The summed E-state index contributed by atoms with van der Waals surface area (Å²) in [5.74, 6) is -2.21. The van der Waals surface area contributed by atoms with Crippen molar-refractivity contribution in [3.8, 4) is 0 Å². The molecule has 4 nitrogen and oxygen atoms in total. The summed E-state index contributed by atoms with van der Waals surface area (Å²) in [5.41, 5.74) is 2.19. The Labute approximate surface area is 131 Å². The first-order valence-corrected chi connectivity index (χ1v) is 7.59. The van der Waals surface area contributed by atoms with Gasteiger partial charge in [0, 0.05) is 13.1 Å². The Kier molecular flexibility index (Phi) is 4.04. The Morgan fingerprint density at radius 1 is 1.17 bits per heavy atom. The van der Waals surface area contributed by atoms with Crippen LogP contribution in [0.1, 0.15) is 24.0 Å². The topological polar surface area (TPSA) is 49.4 Å². The lowest BCUT2D eigenvalue weighted by Crippen LogP contribution is -2.55. The van der Waals surface area contributed by atoms with Crippen molar-refractivity contribution >= 4 is 11.8 Å². The van der Waals surface area contributed by atoms with E-state index in [-0.39, 0.29) is 18.7 Å². The van der Waals surface area contributed by atoms with Gasteiger partial charge in [-0.05, 0) is 30.4 Å². The normalized spacial score (nSPS) is 24.8. The maximum atomic E-state index is 12.7. The monoisotopic (exact) mass is 326 g/mol. The van der Waals surface area contributed by atoms with Crippen molar-refractivity contribution < 1.29 is 22.8 Å². The molecule has 1 saturated heterocycles. The van der Waals surface area contributed by atoms with Gasteiger partial charge in [0.1, 0.15) is 12.0 Å². The highest BCUT2D eigenvalue weighted by Gasteiger charge is 2.46. The highest BCUT2D eigenvalue weighted by Crippen LogP contribution is 2.30. The van der Waals surface area contributed by atoms with Gasteiger partial charge in [-0.3, -0.25) is 9.59 Å². The second-order valence-corrected chi connectivity index (χ2v) is 6.01. The molecule has 0 aliphatic carbocycles. The van der Waals surface area contributed by atoms with Gasteiger partial charge in [0.2, 0.25) is 11.8 Å². The number of amides is 2. The number of piperidine rings is 1. The molecule has 1 fully saturated rings. The first-order valence-electron chi connectivity index (χ1n) is 7.59. The van der Waals surface area contributed by atoms with Crippen LogP contribution in [0.4, 0.5) is 13.2 Å². The Morgan fingerprint density at radius 3 is 2.52 bits per heavy atom. The molecule has 0 bridgehead atoms. The second-order valence-electron chi connectivity index (χ2n) is 6.01. The fourth-order valence-electron chi connectivity index (χ4n) is 3.19. The molecular weight excluding hydrogens is 309 g/mol. The van der Waals surface area contributed by atoms with Crippen LogP contribution in [-0.4, -0.2) is 35.5 Å². The summed E-state index contributed by atoms with van der Waals surface area (Å²) in [4.78, 5) is 26.0. The number of nitrogens with zero attached hydrogens (tertiary/aromatic N) is 1. The Bertz CT molecular complexity index is 630. The summed E-state index contributed by atoms with van der Waals surface area (Å²) in [6.45, 7) is 0.893. The van der Waals surface area contributed by atoms with Crippen LogP contribution in [0.15, 0.2) is 24.3 Å². The van der Waals surface area contributed by atoms with Crippen LogP contribution in [0.25, 0.3) is 0 Å². The van der Waals surface area contributed by atoms with Gasteiger partial charge in [0.25, 0.3) is 0 Å². The van der Waals surface area contributed by atoms with Crippen LogP contribution in [0.2, 0.25) is 0 Å². The second kappa shape index (κ2) is 5.86. The summed E-state index contributed by atoms with van der Waals surface area (Å²) < 4.78 is 38.0. The zero-order chi connectivity index (χ0) is 16.6. The molecule has 2 aliphatic rings. The van der Waals surface area contributed by atoms with Gasteiger partial charge < -0.3 is 10.2 Å². The van der Waals surface area contributed by atoms with E-state index in [0.29, 0.717) is 19.5 Å². The van der Waals surface area contributed by atoms with E-state index in [4.69, 9.17) is 0 Å². The highest BCUT2D eigenvalue weighted by molar-refractivity contribution is 6.01. The third-order valence-electron chi connectivity index (χ3n) is 4.51. The molecule has 0 saturated carbocycles. The number of hydrogen-bond acceptors (Lipinski definition) is 2. The predicted molar refractivity (Wildman–Crippen MR) is 76.3 cm³/mol. The summed E-state index contributed by atoms with van der Waals surface area (Å²) in [5, 5.41) is 1.93. The molecule has 0 radical (unpaired) electrons. The smallest absolute Gasteiger partial charge is 0.344 e. The van der Waals surface area contributed by atoms with Crippen molar-refractivity contribution in [2.75, 3.05) is 6.54 Å². The Hall–Kier alpha value is -2.05. The van der Waals surface area contributed by atoms with Gasteiger partial charge in [0.15, 0.2) is 0 Å². The van der Waals surface area contributed by atoms with Crippen LogP contribution in [0, 0.1) is 5.92 Å².